The first-order chi connectivity index (χ1) is 10.2. The van der Waals surface area contributed by atoms with Crippen LogP contribution in [0, 0.1) is 4.77 Å². The molecule has 0 atom stereocenters. The quantitative estimate of drug-likeness (QED) is 0.722. The minimum atomic E-state index is 0.230. The van der Waals surface area contributed by atoms with Crippen LogP contribution in [0.5, 0.6) is 5.75 Å². The maximum absolute atomic E-state index is 9.42. The van der Waals surface area contributed by atoms with Gasteiger partial charge in [0, 0.05) is 5.56 Å². The van der Waals surface area contributed by atoms with Gasteiger partial charge in [0.15, 0.2) is 10.6 Å². The molecule has 0 fully saturated rings. The van der Waals surface area contributed by atoms with Crippen LogP contribution < -0.4 is 0 Å². The van der Waals surface area contributed by atoms with Gasteiger partial charge in [0.05, 0.1) is 5.69 Å². The van der Waals surface area contributed by atoms with E-state index in [2.05, 4.69) is 23.2 Å². The molecule has 0 saturated heterocycles. The molecule has 3 aromatic rings. The second kappa shape index (κ2) is 5.54. The van der Waals surface area contributed by atoms with Crippen LogP contribution in [-0.2, 0) is 6.42 Å². The van der Waals surface area contributed by atoms with Crippen molar-refractivity contribution in [3.05, 3.63) is 58.9 Å². The lowest BCUT2D eigenvalue weighted by molar-refractivity contribution is 0.475. The monoisotopic (exact) mass is 297 g/mol. The van der Waals surface area contributed by atoms with Crippen LogP contribution in [0.15, 0.2) is 48.5 Å². The number of rotatable bonds is 3. The largest absolute Gasteiger partial charge is 0.508 e. The molecule has 0 aliphatic heterocycles. The van der Waals surface area contributed by atoms with Crippen molar-refractivity contribution in [2.24, 2.45) is 0 Å². The second-order valence-corrected chi connectivity index (χ2v) is 5.10. The first kappa shape index (κ1) is 13.6. The molecule has 5 heteroatoms. The predicted octanol–water partition coefficient (Wildman–Crippen LogP) is 3.86. The third kappa shape index (κ3) is 2.48. The van der Waals surface area contributed by atoms with E-state index < -0.39 is 0 Å². The Balaban J connectivity index is 2.22. The van der Waals surface area contributed by atoms with Gasteiger partial charge in [-0.1, -0.05) is 25.1 Å². The molecule has 106 valence electrons. The number of nitrogens with zero attached hydrogens (tertiary/aromatic N) is 2. The average molecular weight is 297 g/mol. The van der Waals surface area contributed by atoms with Gasteiger partial charge in [0.1, 0.15) is 5.75 Å². The molecular formula is C16H15N3OS. The highest BCUT2D eigenvalue weighted by atomic mass is 32.1. The Morgan fingerprint density at radius 1 is 1.14 bits per heavy atom. The van der Waals surface area contributed by atoms with Crippen molar-refractivity contribution < 1.29 is 5.11 Å². The molecule has 0 aliphatic rings. The number of nitrogens with one attached hydrogen (secondary N) is 1. The van der Waals surface area contributed by atoms with Gasteiger partial charge in [0.25, 0.3) is 0 Å². The molecule has 1 aromatic heterocycles. The number of hydrogen-bond acceptors (Lipinski definition) is 3. The van der Waals surface area contributed by atoms with E-state index >= 15 is 0 Å². The normalized spacial score (nSPS) is 10.7. The number of aryl methyl sites for hydroxylation is 1. The van der Waals surface area contributed by atoms with E-state index in [0.29, 0.717) is 4.77 Å². The molecule has 0 unspecified atom stereocenters. The van der Waals surface area contributed by atoms with Gasteiger partial charge < -0.3 is 5.11 Å². The summed E-state index contributed by atoms with van der Waals surface area (Å²) in [5.74, 6) is 0.967. The number of para-hydroxylation sites is 1. The molecule has 2 aromatic carbocycles. The maximum atomic E-state index is 9.42. The SMILES string of the molecule is CCc1ccccc1-n1c(-c2ccc(O)cc2)n[nH]c1=S. The Hall–Kier alpha value is -2.40. The van der Waals surface area contributed by atoms with Gasteiger partial charge in [0.2, 0.25) is 0 Å². The molecule has 21 heavy (non-hydrogen) atoms. The highest BCUT2D eigenvalue weighted by Gasteiger charge is 2.12. The molecule has 0 radical (unpaired) electrons. The highest BCUT2D eigenvalue weighted by Crippen LogP contribution is 2.25. The standard InChI is InChI=1S/C16H15N3OS/c1-2-11-5-3-4-6-14(11)19-15(17-18-16(19)21)12-7-9-13(20)10-8-12/h3-10,20H,2H2,1H3,(H,18,21). The topological polar surface area (TPSA) is 53.8 Å². The van der Waals surface area contributed by atoms with Crippen molar-refractivity contribution in [1.82, 2.24) is 14.8 Å². The summed E-state index contributed by atoms with van der Waals surface area (Å²) < 4.78 is 2.49. The number of H-pyrrole nitrogens is 1. The third-order valence-corrected chi connectivity index (χ3v) is 3.69. The smallest absolute Gasteiger partial charge is 0.200 e. The number of aromatic amines is 1. The fourth-order valence-electron chi connectivity index (χ4n) is 2.35. The molecule has 0 bridgehead atoms. The zero-order valence-corrected chi connectivity index (χ0v) is 12.4. The predicted molar refractivity (Wildman–Crippen MR) is 85.2 cm³/mol. The van der Waals surface area contributed by atoms with Gasteiger partial charge in [-0.2, -0.15) is 5.10 Å². The molecule has 0 amide bonds. The van der Waals surface area contributed by atoms with Gasteiger partial charge in [-0.05, 0) is 54.5 Å². The molecule has 4 nitrogen and oxygen atoms in total. The summed E-state index contributed by atoms with van der Waals surface area (Å²) in [4.78, 5) is 0. The number of aromatic hydroxyl groups is 1. The van der Waals surface area contributed by atoms with E-state index in [9.17, 15) is 5.11 Å². The van der Waals surface area contributed by atoms with Crippen LogP contribution in [0.2, 0.25) is 0 Å². The van der Waals surface area contributed by atoms with Gasteiger partial charge in [-0.3, -0.25) is 9.67 Å². The van der Waals surface area contributed by atoms with E-state index in [4.69, 9.17) is 12.2 Å². The Labute approximate surface area is 127 Å². The molecule has 1 heterocycles. The van der Waals surface area contributed by atoms with Crippen molar-refractivity contribution in [2.75, 3.05) is 0 Å². The summed E-state index contributed by atoms with van der Waals surface area (Å²) in [6, 6.07) is 15.1. The van der Waals surface area contributed by atoms with Gasteiger partial charge >= 0.3 is 0 Å². The zero-order valence-electron chi connectivity index (χ0n) is 11.6. The van der Waals surface area contributed by atoms with E-state index in [0.717, 1.165) is 23.5 Å². The lowest BCUT2D eigenvalue weighted by Crippen LogP contribution is -2.01. The van der Waals surface area contributed by atoms with Gasteiger partial charge in [-0.15, -0.1) is 0 Å². The average Bonchev–Trinajstić information content (AvgIpc) is 2.89. The van der Waals surface area contributed by atoms with Crippen LogP contribution in [0.4, 0.5) is 0 Å². The first-order valence-electron chi connectivity index (χ1n) is 6.76. The fourth-order valence-corrected chi connectivity index (χ4v) is 2.58. The molecular weight excluding hydrogens is 282 g/mol. The summed E-state index contributed by atoms with van der Waals surface area (Å²) in [6.45, 7) is 2.11. The zero-order chi connectivity index (χ0) is 14.8. The summed E-state index contributed by atoms with van der Waals surface area (Å²) in [5, 5.41) is 16.6. The molecule has 0 saturated carbocycles. The Morgan fingerprint density at radius 3 is 2.57 bits per heavy atom. The molecule has 0 aliphatic carbocycles. The van der Waals surface area contributed by atoms with Crippen molar-refractivity contribution in [3.63, 3.8) is 0 Å². The van der Waals surface area contributed by atoms with E-state index in [1.807, 2.05) is 34.9 Å². The third-order valence-electron chi connectivity index (χ3n) is 3.41. The Kier molecular flexibility index (Phi) is 3.58. The first-order valence-corrected chi connectivity index (χ1v) is 7.16. The summed E-state index contributed by atoms with van der Waals surface area (Å²) >= 11 is 5.38. The van der Waals surface area contributed by atoms with E-state index in [1.54, 1.807) is 12.1 Å². The van der Waals surface area contributed by atoms with E-state index in [1.165, 1.54) is 5.56 Å². The number of phenols is 1. The second-order valence-electron chi connectivity index (χ2n) is 4.72. The van der Waals surface area contributed by atoms with Crippen LogP contribution >= 0.6 is 12.2 Å². The van der Waals surface area contributed by atoms with Crippen LogP contribution in [0.25, 0.3) is 17.1 Å². The minimum absolute atomic E-state index is 0.230. The highest BCUT2D eigenvalue weighted by molar-refractivity contribution is 7.71. The van der Waals surface area contributed by atoms with E-state index in [-0.39, 0.29) is 5.75 Å². The summed E-state index contributed by atoms with van der Waals surface area (Å²) in [6.07, 6.45) is 0.915. The minimum Gasteiger partial charge on any atom is -0.508 e. The summed E-state index contributed by atoms with van der Waals surface area (Å²) in [5.41, 5.74) is 3.13. The van der Waals surface area contributed by atoms with Crippen LogP contribution in [0.3, 0.4) is 0 Å². The maximum Gasteiger partial charge on any atom is 0.200 e. The van der Waals surface area contributed by atoms with Crippen molar-refractivity contribution in [2.45, 2.75) is 13.3 Å². The van der Waals surface area contributed by atoms with Crippen LogP contribution in [-0.4, -0.2) is 19.9 Å². The Bertz CT molecular complexity index is 818. The number of benzene rings is 2. The number of aromatic nitrogens is 3. The lowest BCUT2D eigenvalue weighted by Gasteiger charge is -2.11. The van der Waals surface area contributed by atoms with Crippen molar-refractivity contribution in [3.8, 4) is 22.8 Å². The van der Waals surface area contributed by atoms with Gasteiger partial charge in [-0.25, -0.2) is 0 Å². The van der Waals surface area contributed by atoms with Crippen molar-refractivity contribution >= 4 is 12.2 Å². The lowest BCUT2D eigenvalue weighted by atomic mass is 10.1. The number of phenolic OH excluding ortho intramolecular Hbond substituents is 1. The van der Waals surface area contributed by atoms with Crippen molar-refractivity contribution in [1.29, 1.82) is 0 Å². The van der Waals surface area contributed by atoms with Crippen LogP contribution in [0.1, 0.15) is 12.5 Å². The molecule has 2 N–H and O–H groups in total. The fraction of sp³-hybridized carbons (Fsp3) is 0.125. The molecule has 3 rings (SSSR count). The molecule has 0 spiro atoms. The number of hydrogen-bond donors (Lipinski definition) is 2. The Morgan fingerprint density at radius 2 is 1.86 bits per heavy atom. The summed E-state index contributed by atoms with van der Waals surface area (Å²) in [7, 11) is 0.